The molecule has 104 valence electrons. The molecule has 0 aliphatic carbocycles. The maximum Gasteiger partial charge on any atom is 0.271 e. The van der Waals surface area contributed by atoms with E-state index >= 15 is 0 Å². The van der Waals surface area contributed by atoms with Crippen molar-refractivity contribution >= 4 is 11.4 Å². The number of nitrogens with zero attached hydrogens (tertiary/aromatic N) is 2. The number of non-ortho nitro benzene ring substituents is 1. The molecule has 6 heteroatoms. The van der Waals surface area contributed by atoms with Crippen LogP contribution in [0.3, 0.4) is 0 Å². The average molecular weight is 265 g/mol. The average Bonchev–Trinajstić information content (AvgIpc) is 2.45. The summed E-state index contributed by atoms with van der Waals surface area (Å²) in [6.45, 7) is 5.48. The molecule has 1 aliphatic rings. The zero-order valence-corrected chi connectivity index (χ0v) is 10.9. The molecule has 1 N–H and O–H groups in total. The van der Waals surface area contributed by atoms with Crippen LogP contribution in [0.25, 0.3) is 0 Å². The van der Waals surface area contributed by atoms with E-state index in [1.54, 1.807) is 12.1 Å². The van der Waals surface area contributed by atoms with Crippen molar-refractivity contribution in [2.24, 2.45) is 0 Å². The molecule has 0 unspecified atom stereocenters. The Kier molecular flexibility index (Phi) is 5.11. The Labute approximate surface area is 112 Å². The van der Waals surface area contributed by atoms with Crippen molar-refractivity contribution in [3.05, 3.63) is 34.4 Å². The van der Waals surface area contributed by atoms with Crippen LogP contribution < -0.4 is 5.32 Å². The summed E-state index contributed by atoms with van der Waals surface area (Å²) in [4.78, 5) is 12.6. The lowest BCUT2D eigenvalue weighted by Crippen LogP contribution is -2.37. The summed E-state index contributed by atoms with van der Waals surface area (Å²) in [7, 11) is 0. The molecule has 0 saturated carbocycles. The minimum Gasteiger partial charge on any atom is -0.385 e. The molecule has 2 rings (SSSR count). The second-order valence-corrected chi connectivity index (χ2v) is 4.54. The molecule has 1 fully saturated rings. The van der Waals surface area contributed by atoms with E-state index < -0.39 is 0 Å². The van der Waals surface area contributed by atoms with Crippen molar-refractivity contribution in [3.63, 3.8) is 0 Å². The van der Waals surface area contributed by atoms with E-state index in [9.17, 15) is 10.1 Å². The van der Waals surface area contributed by atoms with Crippen LogP contribution in [0.15, 0.2) is 24.3 Å². The van der Waals surface area contributed by atoms with Crippen molar-refractivity contribution in [2.45, 2.75) is 6.42 Å². The Morgan fingerprint density at radius 1 is 1.37 bits per heavy atom. The Morgan fingerprint density at radius 3 is 2.89 bits per heavy atom. The van der Waals surface area contributed by atoms with Gasteiger partial charge in [0.05, 0.1) is 18.1 Å². The molecule has 1 aromatic carbocycles. The monoisotopic (exact) mass is 265 g/mol. The third-order valence-electron chi connectivity index (χ3n) is 3.14. The van der Waals surface area contributed by atoms with Crippen LogP contribution in [0, 0.1) is 10.1 Å². The molecule has 0 bridgehead atoms. The standard InChI is InChI=1S/C13H19N3O3/c17-16(18)13-4-1-3-12(11-13)14-5-2-6-15-7-9-19-10-8-15/h1,3-4,11,14H,2,5-10H2. The molecule has 0 radical (unpaired) electrons. The van der Waals surface area contributed by atoms with Crippen molar-refractivity contribution < 1.29 is 9.66 Å². The minimum absolute atomic E-state index is 0.123. The maximum absolute atomic E-state index is 10.6. The number of anilines is 1. The third kappa shape index (κ3) is 4.50. The summed E-state index contributed by atoms with van der Waals surface area (Å²) in [6, 6.07) is 6.61. The number of hydrogen-bond donors (Lipinski definition) is 1. The fourth-order valence-corrected chi connectivity index (χ4v) is 2.09. The van der Waals surface area contributed by atoms with Crippen molar-refractivity contribution in [1.29, 1.82) is 0 Å². The van der Waals surface area contributed by atoms with Crippen molar-refractivity contribution in [2.75, 3.05) is 44.7 Å². The minimum atomic E-state index is -0.376. The first-order chi connectivity index (χ1) is 9.25. The van der Waals surface area contributed by atoms with Crippen LogP contribution in [0.1, 0.15) is 6.42 Å². The molecule has 19 heavy (non-hydrogen) atoms. The largest absolute Gasteiger partial charge is 0.385 e. The van der Waals surface area contributed by atoms with Crippen LogP contribution in [0.2, 0.25) is 0 Å². The SMILES string of the molecule is O=[N+]([O-])c1cccc(NCCCN2CCOCC2)c1. The molecule has 1 aliphatic heterocycles. The van der Waals surface area contributed by atoms with Crippen LogP contribution >= 0.6 is 0 Å². The lowest BCUT2D eigenvalue weighted by molar-refractivity contribution is -0.384. The normalized spacial score (nSPS) is 16.2. The Morgan fingerprint density at radius 2 is 2.16 bits per heavy atom. The third-order valence-corrected chi connectivity index (χ3v) is 3.14. The topological polar surface area (TPSA) is 67.6 Å². The zero-order valence-electron chi connectivity index (χ0n) is 10.9. The number of nitrogens with one attached hydrogen (secondary N) is 1. The number of hydrogen-bond acceptors (Lipinski definition) is 5. The number of morpholine rings is 1. The van der Waals surface area contributed by atoms with Gasteiger partial charge >= 0.3 is 0 Å². The Hall–Kier alpha value is -1.66. The number of nitro groups is 1. The summed E-state index contributed by atoms with van der Waals surface area (Å²) in [5.41, 5.74) is 0.925. The number of benzene rings is 1. The molecule has 1 heterocycles. The van der Waals surface area contributed by atoms with Crippen LogP contribution in [-0.2, 0) is 4.74 Å². The molecule has 6 nitrogen and oxygen atoms in total. The van der Waals surface area contributed by atoms with Gasteiger partial charge in [0, 0.05) is 37.5 Å². The first kappa shape index (κ1) is 13.8. The molecular weight excluding hydrogens is 246 g/mol. The van der Waals surface area contributed by atoms with Gasteiger partial charge < -0.3 is 10.1 Å². The molecular formula is C13H19N3O3. The van der Waals surface area contributed by atoms with Gasteiger partial charge in [0.1, 0.15) is 0 Å². The van der Waals surface area contributed by atoms with Crippen molar-refractivity contribution in [3.8, 4) is 0 Å². The van der Waals surface area contributed by atoms with E-state index in [-0.39, 0.29) is 10.6 Å². The molecule has 1 aromatic rings. The number of nitro benzene ring substituents is 1. The lowest BCUT2D eigenvalue weighted by Gasteiger charge is -2.26. The second kappa shape index (κ2) is 7.06. The van der Waals surface area contributed by atoms with Gasteiger partial charge in [-0.05, 0) is 19.0 Å². The van der Waals surface area contributed by atoms with Gasteiger partial charge in [-0.2, -0.15) is 0 Å². The first-order valence-electron chi connectivity index (χ1n) is 6.54. The van der Waals surface area contributed by atoms with Gasteiger partial charge in [-0.25, -0.2) is 0 Å². The zero-order chi connectivity index (χ0) is 13.5. The fraction of sp³-hybridized carbons (Fsp3) is 0.538. The molecule has 0 spiro atoms. The molecule has 0 atom stereocenters. The smallest absolute Gasteiger partial charge is 0.271 e. The first-order valence-corrected chi connectivity index (χ1v) is 6.54. The Balaban J connectivity index is 1.70. The summed E-state index contributed by atoms with van der Waals surface area (Å²) in [5, 5.41) is 13.9. The number of ether oxygens (including phenoxy) is 1. The summed E-state index contributed by atoms with van der Waals surface area (Å²) in [5.74, 6) is 0. The van der Waals surface area contributed by atoms with E-state index in [1.807, 2.05) is 6.07 Å². The van der Waals surface area contributed by atoms with Gasteiger partial charge in [0.2, 0.25) is 0 Å². The summed E-state index contributed by atoms with van der Waals surface area (Å²) in [6.07, 6.45) is 1.02. The van der Waals surface area contributed by atoms with Crippen LogP contribution in [0.4, 0.5) is 11.4 Å². The number of rotatable bonds is 6. The summed E-state index contributed by atoms with van der Waals surface area (Å²) >= 11 is 0. The van der Waals surface area contributed by atoms with Gasteiger partial charge in [-0.1, -0.05) is 6.07 Å². The highest BCUT2D eigenvalue weighted by Gasteiger charge is 2.09. The van der Waals surface area contributed by atoms with E-state index in [0.29, 0.717) is 0 Å². The highest BCUT2D eigenvalue weighted by Crippen LogP contribution is 2.16. The van der Waals surface area contributed by atoms with Crippen LogP contribution in [0.5, 0.6) is 0 Å². The van der Waals surface area contributed by atoms with Gasteiger partial charge in [0.15, 0.2) is 0 Å². The van der Waals surface area contributed by atoms with E-state index in [0.717, 1.165) is 51.5 Å². The molecule has 0 amide bonds. The summed E-state index contributed by atoms with van der Waals surface area (Å²) < 4.78 is 5.29. The maximum atomic E-state index is 10.6. The van der Waals surface area contributed by atoms with E-state index in [2.05, 4.69) is 10.2 Å². The highest BCUT2D eigenvalue weighted by atomic mass is 16.6. The van der Waals surface area contributed by atoms with E-state index in [1.165, 1.54) is 6.07 Å². The van der Waals surface area contributed by atoms with Gasteiger partial charge in [-0.3, -0.25) is 15.0 Å². The second-order valence-electron chi connectivity index (χ2n) is 4.54. The predicted octanol–water partition coefficient (Wildman–Crippen LogP) is 1.73. The van der Waals surface area contributed by atoms with Crippen LogP contribution in [-0.4, -0.2) is 49.2 Å². The fourth-order valence-electron chi connectivity index (χ4n) is 2.09. The lowest BCUT2D eigenvalue weighted by atomic mass is 10.2. The molecule has 1 saturated heterocycles. The molecule has 0 aromatic heterocycles. The van der Waals surface area contributed by atoms with Gasteiger partial charge in [0.25, 0.3) is 5.69 Å². The van der Waals surface area contributed by atoms with E-state index in [4.69, 9.17) is 4.74 Å². The Bertz CT molecular complexity index is 419. The highest BCUT2D eigenvalue weighted by molar-refractivity contribution is 5.50. The van der Waals surface area contributed by atoms with Gasteiger partial charge in [-0.15, -0.1) is 0 Å². The van der Waals surface area contributed by atoms with Crippen molar-refractivity contribution in [1.82, 2.24) is 4.90 Å². The quantitative estimate of drug-likeness (QED) is 0.482. The predicted molar refractivity (Wildman–Crippen MR) is 73.5 cm³/mol.